The number of aromatic nitrogens is 4. The summed E-state index contributed by atoms with van der Waals surface area (Å²) in [7, 11) is 0. The van der Waals surface area contributed by atoms with Gasteiger partial charge in [-0.1, -0.05) is 18.2 Å². The van der Waals surface area contributed by atoms with Crippen molar-refractivity contribution in [3.8, 4) is 0 Å². The number of anilines is 2. The average Bonchev–Trinajstić information content (AvgIpc) is 3.34. The van der Waals surface area contributed by atoms with Crippen LogP contribution in [0.25, 0.3) is 5.65 Å². The fourth-order valence-corrected chi connectivity index (χ4v) is 5.39. The van der Waals surface area contributed by atoms with Crippen LogP contribution in [-0.4, -0.2) is 45.5 Å². The monoisotopic (exact) mass is 453 g/mol. The van der Waals surface area contributed by atoms with Crippen LogP contribution in [0, 0.1) is 6.92 Å². The van der Waals surface area contributed by atoms with Crippen molar-refractivity contribution in [1.82, 2.24) is 24.7 Å². The molecule has 2 aliphatic rings. The molecule has 4 aromatic rings. The molecule has 2 atom stereocenters. The third-order valence-electron chi connectivity index (χ3n) is 7.19. The molecule has 2 fully saturated rings. The molecule has 0 aromatic carbocycles. The van der Waals surface area contributed by atoms with Crippen molar-refractivity contribution in [2.45, 2.75) is 38.3 Å². The lowest BCUT2D eigenvalue weighted by Gasteiger charge is -2.36. The number of imidazole rings is 1. The molecule has 0 unspecified atom stereocenters. The first-order valence-electron chi connectivity index (χ1n) is 12.3. The van der Waals surface area contributed by atoms with Gasteiger partial charge in [0, 0.05) is 44.8 Å². The van der Waals surface area contributed by atoms with Crippen molar-refractivity contribution < 1.29 is 0 Å². The Kier molecular flexibility index (Phi) is 5.63. The second kappa shape index (κ2) is 9.06. The van der Waals surface area contributed by atoms with E-state index >= 15 is 0 Å². The Labute approximate surface area is 200 Å². The Morgan fingerprint density at radius 2 is 1.65 bits per heavy atom. The lowest BCUT2D eigenvalue weighted by Crippen LogP contribution is -2.47. The largest absolute Gasteiger partial charge is 0.354 e. The summed E-state index contributed by atoms with van der Waals surface area (Å²) in [6.45, 7) is 6.00. The fraction of sp³-hybridized carbons (Fsp3) is 0.370. The van der Waals surface area contributed by atoms with Crippen LogP contribution in [0.4, 0.5) is 11.6 Å². The first-order chi connectivity index (χ1) is 16.8. The highest BCUT2D eigenvalue weighted by Crippen LogP contribution is 2.33. The van der Waals surface area contributed by atoms with Gasteiger partial charge in [0.15, 0.2) is 0 Å². The van der Waals surface area contributed by atoms with E-state index in [1.807, 2.05) is 24.5 Å². The molecule has 1 N–H and O–H groups in total. The van der Waals surface area contributed by atoms with Crippen molar-refractivity contribution in [2.75, 3.05) is 36.0 Å². The van der Waals surface area contributed by atoms with Crippen molar-refractivity contribution in [3.63, 3.8) is 0 Å². The predicted molar refractivity (Wildman–Crippen MR) is 135 cm³/mol. The van der Waals surface area contributed by atoms with E-state index in [0.717, 1.165) is 56.2 Å². The van der Waals surface area contributed by atoms with Gasteiger partial charge in [-0.25, -0.2) is 9.97 Å². The van der Waals surface area contributed by atoms with Gasteiger partial charge in [-0.3, -0.25) is 9.38 Å². The van der Waals surface area contributed by atoms with Gasteiger partial charge in [0.05, 0.1) is 23.5 Å². The number of pyridine rings is 3. The summed E-state index contributed by atoms with van der Waals surface area (Å²) in [6.07, 6.45) is 9.40. The molecule has 7 heteroatoms. The maximum Gasteiger partial charge on any atom is 0.138 e. The highest BCUT2D eigenvalue weighted by molar-refractivity contribution is 5.54. The molecule has 0 amide bonds. The molecule has 2 saturated heterocycles. The Balaban J connectivity index is 1.21. The molecule has 0 bridgehead atoms. The molecule has 0 saturated carbocycles. The van der Waals surface area contributed by atoms with Gasteiger partial charge in [0.1, 0.15) is 17.3 Å². The Morgan fingerprint density at radius 3 is 2.47 bits per heavy atom. The third-order valence-corrected chi connectivity index (χ3v) is 7.19. The van der Waals surface area contributed by atoms with E-state index in [1.54, 1.807) is 0 Å². The molecular weight excluding hydrogens is 422 g/mol. The van der Waals surface area contributed by atoms with Crippen molar-refractivity contribution in [2.24, 2.45) is 0 Å². The van der Waals surface area contributed by atoms with Crippen LogP contribution in [-0.2, 0) is 0 Å². The smallest absolute Gasteiger partial charge is 0.138 e. The zero-order valence-corrected chi connectivity index (χ0v) is 19.6. The quantitative estimate of drug-likeness (QED) is 0.497. The van der Waals surface area contributed by atoms with Crippen LogP contribution < -0.4 is 15.1 Å². The van der Waals surface area contributed by atoms with Crippen molar-refractivity contribution >= 4 is 17.3 Å². The van der Waals surface area contributed by atoms with E-state index in [-0.39, 0.29) is 12.1 Å². The van der Waals surface area contributed by atoms with Crippen LogP contribution in [0.15, 0.2) is 67.1 Å². The van der Waals surface area contributed by atoms with Crippen molar-refractivity contribution in [1.29, 1.82) is 0 Å². The van der Waals surface area contributed by atoms with Gasteiger partial charge in [-0.05, 0) is 62.1 Å². The summed E-state index contributed by atoms with van der Waals surface area (Å²) < 4.78 is 2.27. The maximum atomic E-state index is 5.04. The molecule has 6 heterocycles. The van der Waals surface area contributed by atoms with E-state index in [1.165, 1.54) is 23.5 Å². The Hall–Kier alpha value is -3.45. The number of aryl methyl sites for hydroxylation is 1. The summed E-state index contributed by atoms with van der Waals surface area (Å²) in [4.78, 5) is 19.1. The highest BCUT2D eigenvalue weighted by atomic mass is 15.3. The lowest BCUT2D eigenvalue weighted by molar-refractivity contribution is 0.321. The predicted octanol–water partition coefficient (Wildman–Crippen LogP) is 4.32. The van der Waals surface area contributed by atoms with E-state index in [4.69, 9.17) is 4.98 Å². The number of nitrogens with zero attached hydrogens (tertiary/aromatic N) is 6. The van der Waals surface area contributed by atoms with E-state index < -0.39 is 0 Å². The number of nitrogens with one attached hydrogen (secondary N) is 1. The van der Waals surface area contributed by atoms with Crippen molar-refractivity contribution in [3.05, 3.63) is 84.1 Å². The highest BCUT2D eigenvalue weighted by Gasteiger charge is 2.27. The first-order valence-corrected chi connectivity index (χ1v) is 12.3. The molecule has 34 heavy (non-hydrogen) atoms. The molecule has 0 spiro atoms. The molecule has 174 valence electrons. The van der Waals surface area contributed by atoms with E-state index in [9.17, 15) is 0 Å². The summed E-state index contributed by atoms with van der Waals surface area (Å²) in [6, 6.07) is 17.3. The standard InChI is InChI=1S/C27H31N7/c1-20-7-6-14-29-27(20)22-9-4-8-21(30-22)23-19-34-25(31-23)11-5-12-26(34)33-17-15-32(16-18-33)24-10-2-3-13-28-24/h2-3,5-7,10-14,19,21-22,30H,4,8-9,15-18H2,1H3/t21-,22+/m1/s1. The second-order valence-corrected chi connectivity index (χ2v) is 9.35. The van der Waals surface area contributed by atoms with Crippen LogP contribution >= 0.6 is 0 Å². The molecule has 2 aliphatic heterocycles. The molecule has 0 aliphatic carbocycles. The van der Waals surface area contributed by atoms with Gasteiger partial charge in [0.2, 0.25) is 0 Å². The van der Waals surface area contributed by atoms with Crippen LogP contribution in [0.2, 0.25) is 0 Å². The number of hydrogen-bond acceptors (Lipinski definition) is 6. The second-order valence-electron chi connectivity index (χ2n) is 9.35. The summed E-state index contributed by atoms with van der Waals surface area (Å²) in [5.41, 5.74) is 4.56. The van der Waals surface area contributed by atoms with Gasteiger partial charge >= 0.3 is 0 Å². The minimum atomic E-state index is 0.244. The number of rotatable bonds is 4. The normalized spacial score (nSPS) is 21.2. The molecule has 6 rings (SSSR count). The zero-order valence-electron chi connectivity index (χ0n) is 19.6. The minimum Gasteiger partial charge on any atom is -0.354 e. The van der Waals surface area contributed by atoms with E-state index in [0.29, 0.717) is 0 Å². The molecular formula is C27H31N7. The summed E-state index contributed by atoms with van der Waals surface area (Å²) in [5, 5.41) is 3.85. The number of piperidine rings is 1. The Morgan fingerprint density at radius 1 is 0.824 bits per heavy atom. The summed E-state index contributed by atoms with van der Waals surface area (Å²) >= 11 is 0. The molecule has 0 radical (unpaired) electrons. The number of fused-ring (bicyclic) bond motifs is 1. The SMILES string of the molecule is Cc1cccnc1[C@@H]1CCC[C@H](c2cn3c(N4CCN(c5ccccn5)CC4)cccc3n2)N1. The topological polar surface area (TPSA) is 61.6 Å². The van der Waals surface area contributed by atoms with Crippen LogP contribution in [0.1, 0.15) is 48.3 Å². The average molecular weight is 454 g/mol. The molecule has 7 nitrogen and oxygen atoms in total. The number of piperazine rings is 1. The maximum absolute atomic E-state index is 5.04. The van der Waals surface area contributed by atoms with Gasteiger partial charge in [-0.15, -0.1) is 0 Å². The first kappa shape index (κ1) is 21.1. The number of hydrogen-bond donors (Lipinski definition) is 1. The van der Waals surface area contributed by atoms with Gasteiger partial charge < -0.3 is 15.1 Å². The van der Waals surface area contributed by atoms with Gasteiger partial charge in [0.25, 0.3) is 0 Å². The fourth-order valence-electron chi connectivity index (χ4n) is 5.39. The Bertz CT molecular complexity index is 1260. The van der Waals surface area contributed by atoms with Crippen LogP contribution in [0.5, 0.6) is 0 Å². The van der Waals surface area contributed by atoms with Crippen LogP contribution in [0.3, 0.4) is 0 Å². The zero-order chi connectivity index (χ0) is 22.9. The van der Waals surface area contributed by atoms with E-state index in [2.05, 4.69) is 79.0 Å². The minimum absolute atomic E-state index is 0.244. The lowest BCUT2D eigenvalue weighted by atomic mass is 9.93. The molecule has 4 aromatic heterocycles. The van der Waals surface area contributed by atoms with Gasteiger partial charge in [-0.2, -0.15) is 0 Å². The third kappa shape index (κ3) is 4.01. The summed E-state index contributed by atoms with van der Waals surface area (Å²) in [5.74, 6) is 2.27.